The summed E-state index contributed by atoms with van der Waals surface area (Å²) in [4.78, 5) is 27.3. The van der Waals surface area contributed by atoms with Gasteiger partial charge in [0, 0.05) is 13.1 Å². The van der Waals surface area contributed by atoms with Gasteiger partial charge in [-0.3, -0.25) is 9.59 Å². The number of nitrogens with one attached hydrogen (secondary N) is 2. The van der Waals surface area contributed by atoms with E-state index >= 15 is 0 Å². The van der Waals surface area contributed by atoms with Crippen LogP contribution in [0, 0.1) is 29.4 Å². The molecule has 5 nitrogen and oxygen atoms in total. The van der Waals surface area contributed by atoms with Gasteiger partial charge in [0.25, 0.3) is 5.91 Å². The standard InChI is InChI=1S/C20H27F2N3O2.ClH/c1-12(2)18(24-19(26)17-15(21)4-3-5-16(17)22)20(27)25-8-6-13-10-23-11-14(13)7-9-25;/h3-5,12-14,18,23H,6-11H2,1-2H3,(H,24,26);1H/t13-,14+,18-;/m0./s1. The number of halogens is 3. The zero-order valence-electron chi connectivity index (χ0n) is 16.2. The molecule has 2 aliphatic rings. The number of hydrogen-bond donors (Lipinski definition) is 2. The topological polar surface area (TPSA) is 61.4 Å². The van der Waals surface area contributed by atoms with Crippen LogP contribution in [0.3, 0.4) is 0 Å². The highest BCUT2D eigenvalue weighted by atomic mass is 35.5. The number of carbonyl (C=O) groups is 2. The first-order chi connectivity index (χ1) is 12.9. The van der Waals surface area contributed by atoms with Gasteiger partial charge in [0.15, 0.2) is 0 Å². The number of carbonyl (C=O) groups excluding carboxylic acids is 2. The van der Waals surface area contributed by atoms with Crippen molar-refractivity contribution in [1.82, 2.24) is 15.5 Å². The van der Waals surface area contributed by atoms with Crippen LogP contribution >= 0.6 is 12.4 Å². The molecule has 2 saturated heterocycles. The van der Waals surface area contributed by atoms with Gasteiger partial charge in [-0.15, -0.1) is 12.4 Å². The lowest BCUT2D eigenvalue weighted by atomic mass is 9.92. The fourth-order valence-electron chi connectivity index (χ4n) is 4.08. The molecule has 0 saturated carbocycles. The summed E-state index contributed by atoms with van der Waals surface area (Å²) in [6.45, 7) is 6.91. The fraction of sp³-hybridized carbons (Fsp3) is 0.600. The van der Waals surface area contributed by atoms with E-state index in [4.69, 9.17) is 0 Å². The number of rotatable bonds is 4. The molecule has 1 aromatic rings. The van der Waals surface area contributed by atoms with Gasteiger partial charge in [-0.25, -0.2) is 8.78 Å². The van der Waals surface area contributed by atoms with E-state index in [1.807, 2.05) is 13.8 Å². The molecule has 8 heteroatoms. The first-order valence-electron chi connectivity index (χ1n) is 9.63. The third-order valence-corrected chi connectivity index (χ3v) is 5.74. The van der Waals surface area contributed by atoms with E-state index in [9.17, 15) is 18.4 Å². The number of fused-ring (bicyclic) bond motifs is 1. The molecule has 3 atom stereocenters. The largest absolute Gasteiger partial charge is 0.341 e. The van der Waals surface area contributed by atoms with E-state index in [1.54, 1.807) is 4.90 Å². The lowest BCUT2D eigenvalue weighted by Crippen LogP contribution is -2.51. The monoisotopic (exact) mass is 415 g/mol. The average molecular weight is 416 g/mol. The van der Waals surface area contributed by atoms with Crippen LogP contribution in [0.4, 0.5) is 8.78 Å². The molecule has 28 heavy (non-hydrogen) atoms. The first-order valence-corrected chi connectivity index (χ1v) is 9.63. The molecule has 2 heterocycles. The van der Waals surface area contributed by atoms with Gasteiger partial charge in [0.2, 0.25) is 5.91 Å². The molecule has 1 aromatic carbocycles. The van der Waals surface area contributed by atoms with Gasteiger partial charge >= 0.3 is 0 Å². The van der Waals surface area contributed by atoms with Crippen molar-refractivity contribution < 1.29 is 18.4 Å². The van der Waals surface area contributed by atoms with Crippen LogP contribution in [-0.2, 0) is 4.79 Å². The van der Waals surface area contributed by atoms with Crippen LogP contribution < -0.4 is 10.6 Å². The van der Waals surface area contributed by atoms with Crippen molar-refractivity contribution in [2.45, 2.75) is 32.7 Å². The molecular formula is C20H28ClF2N3O2. The molecule has 0 aliphatic carbocycles. The van der Waals surface area contributed by atoms with Crippen LogP contribution in [0.15, 0.2) is 18.2 Å². The Balaban J connectivity index is 0.00000280. The lowest BCUT2D eigenvalue weighted by molar-refractivity contribution is -0.134. The highest BCUT2D eigenvalue weighted by Gasteiger charge is 2.35. The van der Waals surface area contributed by atoms with Crippen LogP contribution in [0.25, 0.3) is 0 Å². The minimum absolute atomic E-state index is 0. The molecule has 3 rings (SSSR count). The maximum absolute atomic E-state index is 13.9. The van der Waals surface area contributed by atoms with Gasteiger partial charge in [-0.2, -0.15) is 0 Å². The van der Waals surface area contributed by atoms with E-state index in [0.717, 1.165) is 38.1 Å². The summed E-state index contributed by atoms with van der Waals surface area (Å²) >= 11 is 0. The van der Waals surface area contributed by atoms with Crippen LogP contribution in [0.2, 0.25) is 0 Å². The van der Waals surface area contributed by atoms with Crippen molar-refractivity contribution in [3.05, 3.63) is 35.4 Å². The Hall–Kier alpha value is -1.73. The summed E-state index contributed by atoms with van der Waals surface area (Å²) in [5.74, 6) is -1.96. The second-order valence-corrected chi connectivity index (χ2v) is 7.87. The second kappa shape index (κ2) is 9.65. The SMILES string of the molecule is CC(C)[C@H](NC(=O)c1c(F)cccc1F)C(=O)N1CC[C@@H]2CNC[C@@H]2CC1.Cl. The molecule has 0 spiro atoms. The zero-order chi connectivity index (χ0) is 19.6. The van der Waals surface area contributed by atoms with Crippen molar-refractivity contribution in [3.63, 3.8) is 0 Å². The Morgan fingerprint density at radius 1 is 1.11 bits per heavy atom. The number of benzene rings is 1. The van der Waals surface area contributed by atoms with Gasteiger partial charge in [0.05, 0.1) is 0 Å². The molecule has 2 N–H and O–H groups in total. The number of hydrogen-bond acceptors (Lipinski definition) is 3. The summed E-state index contributed by atoms with van der Waals surface area (Å²) < 4.78 is 27.8. The molecule has 2 amide bonds. The summed E-state index contributed by atoms with van der Waals surface area (Å²) in [5.41, 5.74) is -0.646. The normalized spacial score (nSPS) is 22.8. The molecular weight excluding hydrogens is 388 g/mol. The average Bonchev–Trinajstić information content (AvgIpc) is 2.97. The fourth-order valence-corrected chi connectivity index (χ4v) is 4.08. The van der Waals surface area contributed by atoms with Crippen molar-refractivity contribution >= 4 is 24.2 Å². The Morgan fingerprint density at radius 2 is 1.64 bits per heavy atom. The van der Waals surface area contributed by atoms with E-state index in [-0.39, 0.29) is 24.2 Å². The van der Waals surface area contributed by atoms with E-state index < -0.39 is 29.1 Å². The Labute approximate surface area is 170 Å². The third-order valence-electron chi connectivity index (χ3n) is 5.74. The number of likely N-dealkylation sites (tertiary alicyclic amines) is 1. The van der Waals surface area contributed by atoms with Crippen LogP contribution in [0.1, 0.15) is 37.0 Å². The predicted octanol–water partition coefficient (Wildman–Crippen LogP) is 2.60. The minimum Gasteiger partial charge on any atom is -0.341 e. The molecule has 156 valence electrons. The van der Waals surface area contributed by atoms with Gasteiger partial charge in [-0.1, -0.05) is 19.9 Å². The van der Waals surface area contributed by atoms with Crippen molar-refractivity contribution in [1.29, 1.82) is 0 Å². The predicted molar refractivity (Wildman–Crippen MR) is 105 cm³/mol. The third kappa shape index (κ3) is 4.81. The second-order valence-electron chi connectivity index (χ2n) is 7.87. The van der Waals surface area contributed by atoms with Crippen molar-refractivity contribution in [2.24, 2.45) is 17.8 Å². The Kier molecular flexibility index (Phi) is 7.78. The van der Waals surface area contributed by atoms with Crippen LogP contribution in [0.5, 0.6) is 0 Å². The van der Waals surface area contributed by atoms with Crippen molar-refractivity contribution in [3.8, 4) is 0 Å². The molecule has 2 aliphatic heterocycles. The summed E-state index contributed by atoms with van der Waals surface area (Å²) in [6.07, 6.45) is 1.87. The van der Waals surface area contributed by atoms with Crippen molar-refractivity contribution in [2.75, 3.05) is 26.2 Å². The maximum Gasteiger partial charge on any atom is 0.257 e. The molecule has 0 unspecified atom stereocenters. The molecule has 0 aromatic heterocycles. The zero-order valence-corrected chi connectivity index (χ0v) is 17.0. The first kappa shape index (κ1) is 22.6. The van der Waals surface area contributed by atoms with Gasteiger partial charge in [-0.05, 0) is 55.8 Å². The van der Waals surface area contributed by atoms with E-state index in [0.29, 0.717) is 24.9 Å². The summed E-state index contributed by atoms with van der Waals surface area (Å²) in [7, 11) is 0. The van der Waals surface area contributed by atoms with Gasteiger partial charge < -0.3 is 15.5 Å². The number of amides is 2. The number of nitrogens with zero attached hydrogens (tertiary/aromatic N) is 1. The molecule has 2 fully saturated rings. The quantitative estimate of drug-likeness (QED) is 0.794. The highest BCUT2D eigenvalue weighted by molar-refractivity contribution is 5.98. The minimum atomic E-state index is -0.933. The smallest absolute Gasteiger partial charge is 0.257 e. The van der Waals surface area contributed by atoms with E-state index in [2.05, 4.69) is 10.6 Å². The molecule has 0 bridgehead atoms. The Bertz CT molecular complexity index is 682. The summed E-state index contributed by atoms with van der Waals surface area (Å²) in [5, 5.41) is 5.96. The van der Waals surface area contributed by atoms with Gasteiger partial charge in [0.1, 0.15) is 23.2 Å². The highest BCUT2D eigenvalue weighted by Crippen LogP contribution is 2.27. The maximum atomic E-state index is 13.9. The summed E-state index contributed by atoms with van der Waals surface area (Å²) in [6, 6.07) is 2.46. The molecule has 0 radical (unpaired) electrons. The Morgan fingerprint density at radius 3 is 2.14 bits per heavy atom. The van der Waals surface area contributed by atoms with Crippen LogP contribution in [-0.4, -0.2) is 48.9 Å². The van der Waals surface area contributed by atoms with E-state index in [1.165, 1.54) is 6.07 Å². The lowest BCUT2D eigenvalue weighted by Gasteiger charge is -2.29.